The molecule has 1 N–H and O–H groups in total. The van der Waals surface area contributed by atoms with E-state index in [-0.39, 0.29) is 16.5 Å². The van der Waals surface area contributed by atoms with E-state index >= 15 is 0 Å². The first-order valence-corrected chi connectivity index (χ1v) is 6.89. The number of amides is 1. The molecule has 0 aliphatic carbocycles. The third-order valence-corrected chi connectivity index (χ3v) is 3.48. The monoisotopic (exact) mass is 277 g/mol. The van der Waals surface area contributed by atoms with E-state index in [1.807, 2.05) is 4.90 Å². The molecule has 1 heterocycles. The summed E-state index contributed by atoms with van der Waals surface area (Å²) >= 11 is 0. The molecule has 0 unspecified atom stereocenters. The molecular formula is C14H19N3O3. The van der Waals surface area contributed by atoms with Crippen molar-refractivity contribution in [2.24, 2.45) is 0 Å². The normalized spacial score (nSPS) is 14.5. The van der Waals surface area contributed by atoms with Crippen LogP contribution in [-0.2, 0) is 11.3 Å². The van der Waals surface area contributed by atoms with Crippen molar-refractivity contribution in [1.29, 1.82) is 0 Å². The van der Waals surface area contributed by atoms with Crippen LogP contribution in [0.3, 0.4) is 0 Å². The molecule has 1 aromatic rings. The fourth-order valence-corrected chi connectivity index (χ4v) is 2.38. The van der Waals surface area contributed by atoms with Crippen molar-refractivity contribution >= 4 is 11.6 Å². The number of hydrogen-bond donors (Lipinski definition) is 1. The second kappa shape index (κ2) is 7.00. The molecule has 0 aromatic heterocycles. The number of nitro benzene ring substituents is 1. The molecule has 1 aliphatic heterocycles. The van der Waals surface area contributed by atoms with Crippen molar-refractivity contribution in [1.82, 2.24) is 10.2 Å². The fourth-order valence-electron chi connectivity index (χ4n) is 2.38. The highest BCUT2D eigenvalue weighted by Crippen LogP contribution is 2.17. The van der Waals surface area contributed by atoms with E-state index in [1.165, 1.54) is 6.07 Å². The van der Waals surface area contributed by atoms with E-state index < -0.39 is 0 Å². The Hall–Kier alpha value is -1.95. The lowest BCUT2D eigenvalue weighted by Gasteiger charge is -2.15. The minimum absolute atomic E-state index is 0.117. The maximum absolute atomic E-state index is 11.8. The smallest absolute Gasteiger partial charge is 0.273 e. The molecule has 1 amide bonds. The zero-order valence-corrected chi connectivity index (χ0v) is 11.4. The van der Waals surface area contributed by atoms with Gasteiger partial charge in [0.1, 0.15) is 0 Å². The van der Waals surface area contributed by atoms with Gasteiger partial charge < -0.3 is 10.2 Å². The average molecular weight is 277 g/mol. The Morgan fingerprint density at radius 3 is 2.70 bits per heavy atom. The first kappa shape index (κ1) is 14.5. The molecule has 0 bridgehead atoms. The minimum Gasteiger partial charge on any atom is -0.343 e. The number of nitro groups is 1. The van der Waals surface area contributed by atoms with Crippen LogP contribution in [0.5, 0.6) is 0 Å². The van der Waals surface area contributed by atoms with E-state index in [9.17, 15) is 14.9 Å². The Morgan fingerprint density at radius 2 is 2.00 bits per heavy atom. The van der Waals surface area contributed by atoms with E-state index in [0.29, 0.717) is 25.1 Å². The summed E-state index contributed by atoms with van der Waals surface area (Å²) in [5.74, 6) is 0.164. The maximum Gasteiger partial charge on any atom is 0.273 e. The van der Waals surface area contributed by atoms with Gasteiger partial charge >= 0.3 is 0 Å². The van der Waals surface area contributed by atoms with Crippen LogP contribution >= 0.6 is 0 Å². The predicted molar refractivity (Wildman–Crippen MR) is 75.2 cm³/mol. The van der Waals surface area contributed by atoms with Crippen LogP contribution in [0.4, 0.5) is 5.69 Å². The Labute approximate surface area is 117 Å². The van der Waals surface area contributed by atoms with Crippen LogP contribution in [-0.4, -0.2) is 35.4 Å². The van der Waals surface area contributed by atoms with Gasteiger partial charge in [-0.3, -0.25) is 14.9 Å². The average Bonchev–Trinajstić information content (AvgIpc) is 2.98. The van der Waals surface area contributed by atoms with Crippen molar-refractivity contribution in [3.05, 3.63) is 39.9 Å². The van der Waals surface area contributed by atoms with Crippen molar-refractivity contribution < 1.29 is 9.72 Å². The first-order valence-electron chi connectivity index (χ1n) is 6.89. The summed E-state index contributed by atoms with van der Waals surface area (Å²) in [6, 6.07) is 6.65. The van der Waals surface area contributed by atoms with Crippen LogP contribution < -0.4 is 5.32 Å². The molecular weight excluding hydrogens is 258 g/mol. The molecule has 20 heavy (non-hydrogen) atoms. The van der Waals surface area contributed by atoms with Crippen molar-refractivity contribution in [2.45, 2.75) is 25.8 Å². The lowest BCUT2D eigenvalue weighted by molar-refractivity contribution is -0.385. The number of likely N-dealkylation sites (tertiary alicyclic amines) is 1. The molecule has 0 saturated carbocycles. The third-order valence-electron chi connectivity index (χ3n) is 3.48. The van der Waals surface area contributed by atoms with E-state index in [4.69, 9.17) is 0 Å². The number of carbonyl (C=O) groups excluding carboxylic acids is 1. The lowest BCUT2D eigenvalue weighted by Crippen LogP contribution is -2.30. The molecule has 6 nitrogen and oxygen atoms in total. The summed E-state index contributed by atoms with van der Waals surface area (Å²) in [7, 11) is 0. The maximum atomic E-state index is 11.8. The summed E-state index contributed by atoms with van der Waals surface area (Å²) in [4.78, 5) is 24.2. The van der Waals surface area contributed by atoms with Crippen LogP contribution in [0.2, 0.25) is 0 Å². The molecule has 1 aromatic carbocycles. The molecule has 1 aliphatic rings. The molecule has 0 radical (unpaired) electrons. The highest BCUT2D eigenvalue weighted by molar-refractivity contribution is 5.76. The van der Waals surface area contributed by atoms with Gasteiger partial charge in [-0.15, -0.1) is 0 Å². The van der Waals surface area contributed by atoms with Crippen LogP contribution in [0, 0.1) is 10.1 Å². The van der Waals surface area contributed by atoms with Gasteiger partial charge in [0.15, 0.2) is 0 Å². The van der Waals surface area contributed by atoms with Gasteiger partial charge in [-0.25, -0.2) is 0 Å². The minimum atomic E-state index is -0.383. The molecule has 1 fully saturated rings. The summed E-state index contributed by atoms with van der Waals surface area (Å²) in [6.07, 6.45) is 2.63. The largest absolute Gasteiger partial charge is 0.343 e. The standard InChI is InChI=1S/C14H19N3O3/c18-14(16-9-3-4-10-16)7-8-15-11-12-5-1-2-6-13(12)17(19)20/h1-2,5-6,15H,3-4,7-11H2. The first-order chi connectivity index (χ1) is 9.68. The quantitative estimate of drug-likeness (QED) is 0.488. The molecule has 6 heteroatoms. The second-order valence-corrected chi connectivity index (χ2v) is 4.90. The van der Waals surface area contributed by atoms with Crippen LogP contribution in [0.1, 0.15) is 24.8 Å². The van der Waals surface area contributed by atoms with Gasteiger partial charge in [0.25, 0.3) is 5.69 Å². The summed E-state index contributed by atoms with van der Waals surface area (Å²) in [5.41, 5.74) is 0.761. The zero-order chi connectivity index (χ0) is 14.4. The fraction of sp³-hybridized carbons (Fsp3) is 0.500. The number of nitrogens with zero attached hydrogens (tertiary/aromatic N) is 2. The lowest BCUT2D eigenvalue weighted by atomic mass is 10.2. The van der Waals surface area contributed by atoms with Gasteiger partial charge in [0.05, 0.1) is 4.92 Å². The second-order valence-electron chi connectivity index (χ2n) is 4.90. The van der Waals surface area contributed by atoms with E-state index in [0.717, 1.165) is 25.9 Å². The van der Waals surface area contributed by atoms with Gasteiger partial charge in [0.2, 0.25) is 5.91 Å². The molecule has 2 rings (SSSR count). The highest BCUT2D eigenvalue weighted by Gasteiger charge is 2.17. The summed E-state index contributed by atoms with van der Waals surface area (Å²) in [6.45, 7) is 2.68. The van der Waals surface area contributed by atoms with Crippen molar-refractivity contribution in [3.8, 4) is 0 Å². The van der Waals surface area contributed by atoms with Crippen LogP contribution in [0.25, 0.3) is 0 Å². The van der Waals surface area contributed by atoms with E-state index in [2.05, 4.69) is 5.32 Å². The number of benzene rings is 1. The number of hydrogen-bond acceptors (Lipinski definition) is 4. The SMILES string of the molecule is O=C(CCNCc1ccccc1[N+](=O)[O-])N1CCCC1. The highest BCUT2D eigenvalue weighted by atomic mass is 16.6. The van der Waals surface area contributed by atoms with Crippen molar-refractivity contribution in [2.75, 3.05) is 19.6 Å². The number of rotatable bonds is 6. The molecule has 1 saturated heterocycles. The van der Waals surface area contributed by atoms with Gasteiger partial charge in [-0.1, -0.05) is 18.2 Å². The van der Waals surface area contributed by atoms with E-state index in [1.54, 1.807) is 18.2 Å². The number of para-hydroxylation sites is 1. The van der Waals surface area contributed by atoms with Gasteiger partial charge in [0, 0.05) is 44.2 Å². The topological polar surface area (TPSA) is 75.5 Å². The van der Waals surface area contributed by atoms with Crippen LogP contribution in [0.15, 0.2) is 24.3 Å². The number of carbonyl (C=O) groups is 1. The predicted octanol–water partition coefficient (Wildman–Crippen LogP) is 1.70. The summed E-state index contributed by atoms with van der Waals surface area (Å²) < 4.78 is 0. The molecule has 0 atom stereocenters. The van der Waals surface area contributed by atoms with Gasteiger partial charge in [-0.05, 0) is 12.8 Å². The zero-order valence-electron chi connectivity index (χ0n) is 11.4. The van der Waals surface area contributed by atoms with Crippen molar-refractivity contribution in [3.63, 3.8) is 0 Å². The molecule has 0 spiro atoms. The summed E-state index contributed by atoms with van der Waals surface area (Å²) in [5, 5.41) is 14.0. The van der Waals surface area contributed by atoms with Gasteiger partial charge in [-0.2, -0.15) is 0 Å². The number of nitrogens with one attached hydrogen (secondary N) is 1. The Morgan fingerprint density at radius 1 is 1.30 bits per heavy atom. The Kier molecular flexibility index (Phi) is 5.06. The Bertz CT molecular complexity index is 484. The third kappa shape index (κ3) is 3.77. The molecule has 108 valence electrons. The Balaban J connectivity index is 1.76.